The monoisotopic (exact) mass is 455 g/mol. The summed E-state index contributed by atoms with van der Waals surface area (Å²) < 4.78 is 39.4. The first-order valence-corrected chi connectivity index (χ1v) is 11.2. The van der Waals surface area contributed by atoms with Gasteiger partial charge in [-0.05, 0) is 48.5 Å². The second kappa shape index (κ2) is 9.20. The number of para-hydroxylation sites is 3. The molecular formula is C22H18ClN3O4S. The predicted octanol–water partition coefficient (Wildman–Crippen LogP) is 4.54. The lowest BCUT2D eigenvalue weighted by atomic mass is 10.3. The van der Waals surface area contributed by atoms with Gasteiger partial charge in [-0.1, -0.05) is 41.9 Å². The molecule has 0 aliphatic rings. The van der Waals surface area contributed by atoms with Crippen LogP contribution < -0.4 is 14.2 Å². The minimum absolute atomic E-state index is 0.00615. The molecule has 4 rings (SSSR count). The van der Waals surface area contributed by atoms with Crippen molar-refractivity contribution in [2.75, 3.05) is 17.9 Å². The lowest BCUT2D eigenvalue weighted by Gasteiger charge is -2.13. The fraction of sp³-hybridized carbons (Fsp3) is 0.0909. The third-order valence-corrected chi connectivity index (χ3v) is 5.83. The molecule has 7 nitrogen and oxygen atoms in total. The van der Waals surface area contributed by atoms with Gasteiger partial charge in [-0.2, -0.15) is 0 Å². The SMILES string of the molecule is O=S(=O)(Nc1nc2ccccc2nc1OCCOc1ccccc1)c1ccc(Cl)cc1. The topological polar surface area (TPSA) is 90.4 Å². The third kappa shape index (κ3) is 5.22. The Balaban J connectivity index is 1.56. The summed E-state index contributed by atoms with van der Waals surface area (Å²) >= 11 is 5.86. The molecule has 0 bridgehead atoms. The fourth-order valence-electron chi connectivity index (χ4n) is 2.77. The van der Waals surface area contributed by atoms with Gasteiger partial charge in [0, 0.05) is 5.02 Å². The van der Waals surface area contributed by atoms with E-state index in [0.29, 0.717) is 21.8 Å². The molecule has 4 aromatic rings. The van der Waals surface area contributed by atoms with E-state index in [2.05, 4.69) is 14.7 Å². The van der Waals surface area contributed by atoms with Gasteiger partial charge < -0.3 is 9.47 Å². The number of nitrogens with zero attached hydrogens (tertiary/aromatic N) is 2. The molecule has 158 valence electrons. The van der Waals surface area contributed by atoms with Crippen LogP contribution in [0.15, 0.2) is 83.8 Å². The number of sulfonamides is 1. The summed E-state index contributed by atoms with van der Waals surface area (Å²) in [5.41, 5.74) is 1.11. The lowest BCUT2D eigenvalue weighted by Crippen LogP contribution is -2.17. The number of nitrogens with one attached hydrogen (secondary N) is 1. The van der Waals surface area contributed by atoms with E-state index in [1.807, 2.05) is 36.4 Å². The molecular weight excluding hydrogens is 438 g/mol. The second-order valence-electron chi connectivity index (χ2n) is 6.44. The number of hydrogen-bond acceptors (Lipinski definition) is 6. The Morgan fingerprint density at radius 2 is 1.39 bits per heavy atom. The molecule has 0 aliphatic carbocycles. The van der Waals surface area contributed by atoms with E-state index in [9.17, 15) is 8.42 Å². The van der Waals surface area contributed by atoms with Crippen LogP contribution in [0.2, 0.25) is 5.02 Å². The summed E-state index contributed by atoms with van der Waals surface area (Å²) in [7, 11) is -3.92. The maximum atomic E-state index is 12.8. The smallest absolute Gasteiger partial charge is 0.263 e. The molecule has 31 heavy (non-hydrogen) atoms. The zero-order valence-electron chi connectivity index (χ0n) is 16.2. The number of halogens is 1. The minimum atomic E-state index is -3.92. The molecule has 9 heteroatoms. The Bertz CT molecular complexity index is 1280. The van der Waals surface area contributed by atoms with Crippen LogP contribution in [0.5, 0.6) is 11.6 Å². The van der Waals surface area contributed by atoms with Gasteiger partial charge in [0.05, 0.1) is 15.9 Å². The molecule has 0 aliphatic heterocycles. The average molecular weight is 456 g/mol. The summed E-state index contributed by atoms with van der Waals surface area (Å²) in [6.07, 6.45) is 0. The summed E-state index contributed by atoms with van der Waals surface area (Å²) in [5, 5.41) is 0.437. The summed E-state index contributed by atoms with van der Waals surface area (Å²) in [4.78, 5) is 8.87. The standard InChI is InChI=1S/C22H18ClN3O4S/c23-16-10-12-18(13-11-16)31(27,28)26-21-22(25-20-9-5-4-8-19(20)24-21)30-15-14-29-17-6-2-1-3-7-17/h1-13H,14-15H2,(H,24,26). The highest BCUT2D eigenvalue weighted by Gasteiger charge is 2.19. The first kappa shape index (κ1) is 20.9. The van der Waals surface area contributed by atoms with Gasteiger partial charge >= 0.3 is 0 Å². The minimum Gasteiger partial charge on any atom is -0.490 e. The molecule has 0 fully saturated rings. The van der Waals surface area contributed by atoms with Crippen molar-refractivity contribution in [1.29, 1.82) is 0 Å². The predicted molar refractivity (Wildman–Crippen MR) is 119 cm³/mol. The molecule has 0 unspecified atom stereocenters. The number of hydrogen-bond donors (Lipinski definition) is 1. The Labute approximate surface area is 184 Å². The van der Waals surface area contributed by atoms with Gasteiger partial charge in [-0.15, -0.1) is 0 Å². The molecule has 1 heterocycles. The molecule has 0 radical (unpaired) electrons. The van der Waals surface area contributed by atoms with Gasteiger partial charge in [0.1, 0.15) is 19.0 Å². The van der Waals surface area contributed by atoms with Gasteiger partial charge in [0.25, 0.3) is 15.9 Å². The molecule has 0 saturated heterocycles. The number of anilines is 1. The van der Waals surface area contributed by atoms with Crippen LogP contribution >= 0.6 is 11.6 Å². The normalized spacial score (nSPS) is 11.3. The van der Waals surface area contributed by atoms with Crippen molar-refractivity contribution in [3.63, 3.8) is 0 Å². The molecule has 1 aromatic heterocycles. The van der Waals surface area contributed by atoms with Crippen molar-refractivity contribution < 1.29 is 17.9 Å². The number of fused-ring (bicyclic) bond motifs is 1. The molecule has 0 atom stereocenters. The van der Waals surface area contributed by atoms with Gasteiger partial charge in [0.15, 0.2) is 0 Å². The van der Waals surface area contributed by atoms with E-state index in [4.69, 9.17) is 21.1 Å². The van der Waals surface area contributed by atoms with Crippen molar-refractivity contribution in [3.05, 3.63) is 83.9 Å². The van der Waals surface area contributed by atoms with Crippen LogP contribution in [0, 0.1) is 0 Å². The Kier molecular flexibility index (Phi) is 6.20. The van der Waals surface area contributed by atoms with Crippen LogP contribution in [-0.2, 0) is 10.0 Å². The summed E-state index contributed by atoms with van der Waals surface area (Å²) in [6.45, 7) is 0.402. The number of benzene rings is 3. The van der Waals surface area contributed by atoms with Crippen molar-refractivity contribution >= 4 is 38.5 Å². The first-order valence-electron chi connectivity index (χ1n) is 9.37. The van der Waals surface area contributed by atoms with Crippen LogP contribution in [0.3, 0.4) is 0 Å². The molecule has 0 spiro atoms. The maximum Gasteiger partial charge on any atom is 0.263 e. The number of rotatable bonds is 8. The quantitative estimate of drug-likeness (QED) is 0.392. The zero-order valence-corrected chi connectivity index (χ0v) is 17.8. The Hall–Kier alpha value is -3.36. The number of aromatic nitrogens is 2. The zero-order chi connectivity index (χ0) is 21.7. The first-order chi connectivity index (χ1) is 15.0. The highest BCUT2D eigenvalue weighted by atomic mass is 35.5. The lowest BCUT2D eigenvalue weighted by molar-refractivity contribution is 0.213. The molecule has 0 saturated carbocycles. The molecule has 0 amide bonds. The van der Waals surface area contributed by atoms with Crippen LogP contribution in [-0.4, -0.2) is 31.6 Å². The van der Waals surface area contributed by atoms with Crippen LogP contribution in [0.4, 0.5) is 5.82 Å². The Morgan fingerprint density at radius 1 is 0.774 bits per heavy atom. The molecule has 3 aromatic carbocycles. The fourth-order valence-corrected chi connectivity index (χ4v) is 3.89. The van der Waals surface area contributed by atoms with Crippen molar-refractivity contribution in [1.82, 2.24) is 9.97 Å². The van der Waals surface area contributed by atoms with Crippen LogP contribution in [0.25, 0.3) is 11.0 Å². The number of ether oxygens (including phenoxy) is 2. The van der Waals surface area contributed by atoms with Crippen molar-refractivity contribution in [3.8, 4) is 11.6 Å². The van der Waals surface area contributed by atoms with Crippen molar-refractivity contribution in [2.45, 2.75) is 4.90 Å². The van der Waals surface area contributed by atoms with E-state index >= 15 is 0 Å². The van der Waals surface area contributed by atoms with E-state index < -0.39 is 10.0 Å². The average Bonchev–Trinajstić information content (AvgIpc) is 2.77. The van der Waals surface area contributed by atoms with E-state index in [1.54, 1.807) is 18.2 Å². The van der Waals surface area contributed by atoms with Gasteiger partial charge in [-0.25, -0.2) is 18.4 Å². The van der Waals surface area contributed by atoms with E-state index in [0.717, 1.165) is 0 Å². The third-order valence-electron chi connectivity index (χ3n) is 4.23. The van der Waals surface area contributed by atoms with Crippen molar-refractivity contribution in [2.24, 2.45) is 0 Å². The second-order valence-corrected chi connectivity index (χ2v) is 8.55. The maximum absolute atomic E-state index is 12.8. The largest absolute Gasteiger partial charge is 0.490 e. The van der Waals surface area contributed by atoms with E-state index in [1.165, 1.54) is 24.3 Å². The molecule has 1 N–H and O–H groups in total. The van der Waals surface area contributed by atoms with Crippen LogP contribution in [0.1, 0.15) is 0 Å². The van der Waals surface area contributed by atoms with Gasteiger partial charge in [0.2, 0.25) is 5.82 Å². The summed E-state index contributed by atoms with van der Waals surface area (Å²) in [6, 6.07) is 22.2. The summed E-state index contributed by atoms with van der Waals surface area (Å²) in [5.74, 6) is 0.764. The Morgan fingerprint density at radius 3 is 2.10 bits per heavy atom. The highest BCUT2D eigenvalue weighted by molar-refractivity contribution is 7.92. The van der Waals surface area contributed by atoms with Gasteiger partial charge in [-0.3, -0.25) is 4.72 Å². The van der Waals surface area contributed by atoms with E-state index in [-0.39, 0.29) is 29.8 Å². The highest BCUT2D eigenvalue weighted by Crippen LogP contribution is 2.26.